The smallest absolute Gasteiger partial charge is 0.229 e. The van der Waals surface area contributed by atoms with Gasteiger partial charge in [-0.2, -0.15) is 0 Å². The van der Waals surface area contributed by atoms with E-state index in [0.717, 1.165) is 5.56 Å². The summed E-state index contributed by atoms with van der Waals surface area (Å²) in [7, 11) is 3.46. The third-order valence-electron chi connectivity index (χ3n) is 2.36. The highest BCUT2D eigenvalue weighted by Crippen LogP contribution is 2.20. The van der Waals surface area contributed by atoms with E-state index >= 15 is 0 Å². The van der Waals surface area contributed by atoms with Gasteiger partial charge in [0, 0.05) is 20.7 Å². The molecule has 0 radical (unpaired) electrons. The van der Waals surface area contributed by atoms with Crippen molar-refractivity contribution in [1.82, 2.24) is 4.90 Å². The Morgan fingerprint density at radius 2 is 1.93 bits per heavy atom. The molecule has 1 unspecified atom stereocenters. The van der Waals surface area contributed by atoms with E-state index in [9.17, 15) is 4.79 Å². The van der Waals surface area contributed by atoms with Gasteiger partial charge in [-0.15, -0.1) is 0 Å². The minimum absolute atomic E-state index is 0.0269. The third-order valence-corrected chi connectivity index (χ3v) is 2.36. The summed E-state index contributed by atoms with van der Waals surface area (Å²) in [5.41, 5.74) is 0.963. The summed E-state index contributed by atoms with van der Waals surface area (Å²) in [5, 5.41) is 8.96. The van der Waals surface area contributed by atoms with Crippen LogP contribution in [0, 0.1) is 0 Å². The van der Waals surface area contributed by atoms with Gasteiger partial charge in [0.2, 0.25) is 5.91 Å². The number of rotatable bonds is 4. The number of aliphatic hydroxyl groups excluding tert-OH is 1. The van der Waals surface area contributed by atoms with Gasteiger partial charge < -0.3 is 10.0 Å². The molecule has 1 aromatic carbocycles. The molecule has 0 bridgehead atoms. The van der Waals surface area contributed by atoms with Crippen molar-refractivity contribution in [3.63, 3.8) is 0 Å². The molecule has 0 aromatic heterocycles. The number of aliphatic hydroxyl groups is 1. The van der Waals surface area contributed by atoms with E-state index in [1.807, 2.05) is 30.3 Å². The predicted octanol–water partition coefficient (Wildman–Crippen LogP) is 1.24. The lowest BCUT2D eigenvalue weighted by Crippen LogP contribution is -2.28. The van der Waals surface area contributed by atoms with Crippen LogP contribution in [0.2, 0.25) is 0 Å². The van der Waals surface area contributed by atoms with Crippen molar-refractivity contribution >= 4 is 5.91 Å². The van der Waals surface area contributed by atoms with Crippen LogP contribution in [0.4, 0.5) is 0 Å². The lowest BCUT2D eigenvalue weighted by atomic mass is 9.95. The molecular formula is C12H17NO2. The van der Waals surface area contributed by atoms with Gasteiger partial charge >= 0.3 is 0 Å². The molecule has 1 amide bonds. The number of carbonyl (C=O) groups excluding carboxylic acids is 1. The third kappa shape index (κ3) is 3.06. The first-order chi connectivity index (χ1) is 7.16. The molecule has 1 atom stereocenters. The minimum atomic E-state index is -0.230. The van der Waals surface area contributed by atoms with Gasteiger partial charge in [-0.3, -0.25) is 4.79 Å². The van der Waals surface area contributed by atoms with E-state index in [4.69, 9.17) is 5.11 Å². The average Bonchev–Trinajstić information content (AvgIpc) is 2.26. The number of hydrogen-bond donors (Lipinski definition) is 1. The number of hydrogen-bond acceptors (Lipinski definition) is 2. The molecular weight excluding hydrogens is 190 g/mol. The van der Waals surface area contributed by atoms with Crippen molar-refractivity contribution in [2.45, 2.75) is 12.3 Å². The lowest BCUT2D eigenvalue weighted by molar-refractivity contribution is -0.130. The van der Waals surface area contributed by atoms with E-state index in [1.54, 1.807) is 19.0 Å². The van der Waals surface area contributed by atoms with Gasteiger partial charge in [0.05, 0.1) is 5.92 Å². The zero-order valence-corrected chi connectivity index (χ0v) is 9.18. The molecule has 0 spiro atoms. The van der Waals surface area contributed by atoms with E-state index in [0.29, 0.717) is 6.42 Å². The molecule has 0 aliphatic rings. The minimum Gasteiger partial charge on any atom is -0.396 e. The van der Waals surface area contributed by atoms with Crippen LogP contribution < -0.4 is 0 Å². The van der Waals surface area contributed by atoms with E-state index in [1.165, 1.54) is 0 Å². The molecule has 0 fully saturated rings. The first-order valence-electron chi connectivity index (χ1n) is 5.03. The summed E-state index contributed by atoms with van der Waals surface area (Å²) < 4.78 is 0. The number of likely N-dealkylation sites (N-methyl/N-ethyl adjacent to an activating group) is 1. The van der Waals surface area contributed by atoms with Crippen molar-refractivity contribution in [2.75, 3.05) is 20.7 Å². The normalized spacial score (nSPS) is 12.2. The molecule has 0 saturated carbocycles. The van der Waals surface area contributed by atoms with E-state index < -0.39 is 0 Å². The van der Waals surface area contributed by atoms with E-state index in [-0.39, 0.29) is 18.4 Å². The highest BCUT2D eigenvalue weighted by atomic mass is 16.3. The summed E-state index contributed by atoms with van der Waals surface area (Å²) in [6.07, 6.45) is 0.473. The zero-order valence-electron chi connectivity index (χ0n) is 9.18. The van der Waals surface area contributed by atoms with Crippen LogP contribution in [0.5, 0.6) is 0 Å². The average molecular weight is 207 g/mol. The highest BCUT2D eigenvalue weighted by Gasteiger charge is 2.21. The van der Waals surface area contributed by atoms with Crippen LogP contribution in [0.15, 0.2) is 30.3 Å². The Bertz CT molecular complexity index is 309. The molecule has 0 aliphatic carbocycles. The molecule has 3 nitrogen and oxygen atoms in total. The Balaban J connectivity index is 2.88. The maximum atomic E-state index is 11.8. The molecule has 0 saturated heterocycles. The van der Waals surface area contributed by atoms with Gasteiger partial charge in [-0.05, 0) is 12.0 Å². The Morgan fingerprint density at radius 3 is 2.40 bits per heavy atom. The number of amides is 1. The summed E-state index contributed by atoms with van der Waals surface area (Å²) in [6.45, 7) is 0.0269. The first kappa shape index (κ1) is 11.7. The lowest BCUT2D eigenvalue weighted by Gasteiger charge is -2.20. The van der Waals surface area contributed by atoms with Gasteiger partial charge in [0.25, 0.3) is 0 Å². The van der Waals surface area contributed by atoms with Gasteiger partial charge in [0.1, 0.15) is 0 Å². The van der Waals surface area contributed by atoms with Gasteiger partial charge in [-0.1, -0.05) is 30.3 Å². The second kappa shape index (κ2) is 5.51. The molecule has 82 valence electrons. The fourth-order valence-electron chi connectivity index (χ4n) is 1.56. The maximum absolute atomic E-state index is 11.8. The largest absolute Gasteiger partial charge is 0.396 e. The van der Waals surface area contributed by atoms with Crippen molar-refractivity contribution < 1.29 is 9.90 Å². The van der Waals surface area contributed by atoms with Crippen molar-refractivity contribution in [2.24, 2.45) is 0 Å². The summed E-state index contributed by atoms with van der Waals surface area (Å²) in [6, 6.07) is 9.56. The van der Waals surface area contributed by atoms with Crippen LogP contribution in [0.1, 0.15) is 17.9 Å². The number of carbonyl (C=O) groups is 1. The molecule has 1 aromatic rings. The highest BCUT2D eigenvalue weighted by molar-refractivity contribution is 5.83. The Kier molecular flexibility index (Phi) is 4.31. The van der Waals surface area contributed by atoms with Crippen molar-refractivity contribution in [1.29, 1.82) is 0 Å². The SMILES string of the molecule is CN(C)C(=O)C(CCO)c1ccccc1. The standard InChI is InChI=1S/C12H17NO2/c1-13(2)12(15)11(8-9-14)10-6-4-3-5-7-10/h3-7,11,14H,8-9H2,1-2H3. The number of nitrogens with zero attached hydrogens (tertiary/aromatic N) is 1. The van der Waals surface area contributed by atoms with E-state index in [2.05, 4.69) is 0 Å². The van der Waals surface area contributed by atoms with Gasteiger partial charge in [-0.25, -0.2) is 0 Å². The Morgan fingerprint density at radius 1 is 1.33 bits per heavy atom. The van der Waals surface area contributed by atoms with Crippen LogP contribution in [-0.4, -0.2) is 36.6 Å². The quantitative estimate of drug-likeness (QED) is 0.807. The second-order valence-electron chi connectivity index (χ2n) is 3.71. The summed E-state index contributed by atoms with van der Waals surface area (Å²) >= 11 is 0. The fourth-order valence-corrected chi connectivity index (χ4v) is 1.56. The molecule has 1 N–H and O–H groups in total. The van der Waals surface area contributed by atoms with Crippen LogP contribution >= 0.6 is 0 Å². The van der Waals surface area contributed by atoms with Crippen LogP contribution in [0.3, 0.4) is 0 Å². The fraction of sp³-hybridized carbons (Fsp3) is 0.417. The topological polar surface area (TPSA) is 40.5 Å². The summed E-state index contributed by atoms with van der Waals surface area (Å²) in [4.78, 5) is 13.4. The van der Waals surface area contributed by atoms with Crippen LogP contribution in [-0.2, 0) is 4.79 Å². The molecule has 0 aliphatic heterocycles. The van der Waals surface area contributed by atoms with Crippen LogP contribution in [0.25, 0.3) is 0 Å². The second-order valence-corrected chi connectivity index (χ2v) is 3.71. The predicted molar refractivity (Wildman–Crippen MR) is 59.6 cm³/mol. The number of benzene rings is 1. The molecule has 1 rings (SSSR count). The monoisotopic (exact) mass is 207 g/mol. The molecule has 3 heteroatoms. The summed E-state index contributed by atoms with van der Waals surface area (Å²) in [5.74, 6) is -0.193. The molecule has 15 heavy (non-hydrogen) atoms. The van der Waals surface area contributed by atoms with Crippen molar-refractivity contribution in [3.05, 3.63) is 35.9 Å². The molecule has 0 heterocycles. The first-order valence-corrected chi connectivity index (χ1v) is 5.03. The van der Waals surface area contributed by atoms with Gasteiger partial charge in [0.15, 0.2) is 0 Å². The Labute approximate surface area is 90.3 Å². The van der Waals surface area contributed by atoms with Crippen molar-refractivity contribution in [3.8, 4) is 0 Å². The zero-order chi connectivity index (χ0) is 11.3. The maximum Gasteiger partial charge on any atom is 0.229 e. The Hall–Kier alpha value is -1.35.